The van der Waals surface area contributed by atoms with Crippen LogP contribution in [0, 0.1) is 0 Å². The molecule has 2 aromatic rings. The fraction of sp³-hybridized carbons (Fsp3) is 0.375. The van der Waals surface area contributed by atoms with Gasteiger partial charge in [0.25, 0.3) is 0 Å². The molecule has 0 saturated carbocycles. The van der Waals surface area contributed by atoms with Gasteiger partial charge in [-0.05, 0) is 29.0 Å². The number of fused-ring (bicyclic) bond motifs is 1. The molecule has 0 heterocycles. The topological polar surface area (TPSA) is 70.9 Å². The number of nitrogens with one attached hydrogen (secondary N) is 1. The van der Waals surface area contributed by atoms with Crippen molar-refractivity contribution in [1.29, 1.82) is 0 Å². The van der Waals surface area contributed by atoms with Crippen LogP contribution >= 0.6 is 0 Å². The van der Waals surface area contributed by atoms with Gasteiger partial charge in [0.2, 0.25) is 0 Å². The van der Waals surface area contributed by atoms with Gasteiger partial charge in [-0.1, -0.05) is 18.2 Å². The molecule has 2 rings (SSSR count). The lowest BCUT2D eigenvalue weighted by Gasteiger charge is -2.15. The molecule has 0 fully saturated rings. The molecule has 0 aliphatic rings. The molecule has 0 aliphatic carbocycles. The van der Waals surface area contributed by atoms with Gasteiger partial charge in [-0.15, -0.1) is 0 Å². The number of rotatable bonds is 7. The van der Waals surface area contributed by atoms with E-state index in [1.807, 2.05) is 25.2 Å². The molecule has 120 valence electrons. The molecule has 0 radical (unpaired) electrons. The van der Waals surface area contributed by atoms with E-state index in [0.29, 0.717) is 13.0 Å². The lowest BCUT2D eigenvalue weighted by atomic mass is 10.1. The summed E-state index contributed by atoms with van der Waals surface area (Å²) < 4.78 is 37.0. The summed E-state index contributed by atoms with van der Waals surface area (Å²) in [4.78, 5) is 1.18. The smallest absolute Gasteiger partial charge is 0.119 e. The summed E-state index contributed by atoms with van der Waals surface area (Å²) in [6.45, 7) is 1.45. The molecule has 22 heavy (non-hydrogen) atoms. The minimum atomic E-state index is -4.10. The van der Waals surface area contributed by atoms with Crippen LogP contribution in [0.25, 0.3) is 10.8 Å². The van der Waals surface area contributed by atoms with Crippen LogP contribution in [0.5, 0.6) is 5.75 Å². The van der Waals surface area contributed by atoms with Crippen molar-refractivity contribution in [1.82, 2.24) is 0 Å². The Morgan fingerprint density at radius 2 is 1.82 bits per heavy atom. The van der Waals surface area contributed by atoms with E-state index >= 15 is 0 Å². The third-order valence-corrected chi connectivity index (χ3v) is 4.40. The van der Waals surface area contributed by atoms with Crippen molar-refractivity contribution in [2.45, 2.75) is 13.0 Å². The summed E-state index contributed by atoms with van der Waals surface area (Å²) in [7, 11) is -0.459. The van der Waals surface area contributed by atoms with Gasteiger partial charge in [-0.3, -0.25) is 0 Å². The van der Waals surface area contributed by atoms with Gasteiger partial charge in [0.1, 0.15) is 12.3 Å². The Labute approximate surface area is 131 Å². The van der Waals surface area contributed by atoms with Crippen molar-refractivity contribution in [3.05, 3.63) is 42.0 Å². The predicted octanol–water partition coefficient (Wildman–Crippen LogP) is 0.798. The molecular weight excluding hydrogens is 302 g/mol. The summed E-state index contributed by atoms with van der Waals surface area (Å²) in [5.74, 6) is 0.545. The van der Waals surface area contributed by atoms with Gasteiger partial charge in [-0.2, -0.15) is 0 Å². The molecule has 0 spiro atoms. The van der Waals surface area contributed by atoms with E-state index in [1.165, 1.54) is 10.5 Å². The van der Waals surface area contributed by atoms with Crippen molar-refractivity contribution in [3.63, 3.8) is 0 Å². The summed E-state index contributed by atoms with van der Waals surface area (Å²) >= 11 is 0. The highest BCUT2D eigenvalue weighted by atomic mass is 32.2. The van der Waals surface area contributed by atoms with Gasteiger partial charge in [0.05, 0.1) is 30.8 Å². The average molecular weight is 323 g/mol. The predicted molar refractivity (Wildman–Crippen MR) is 85.1 cm³/mol. The minimum absolute atomic E-state index is 0.290. The summed E-state index contributed by atoms with van der Waals surface area (Å²) in [6, 6.07) is 12.2. The molecule has 1 N–H and O–H groups in total. The number of hydrogen-bond donors (Lipinski definition) is 1. The second kappa shape index (κ2) is 7.09. The third-order valence-electron chi connectivity index (χ3n) is 3.62. The van der Waals surface area contributed by atoms with Gasteiger partial charge in [0.15, 0.2) is 0 Å². The van der Waals surface area contributed by atoms with Crippen LogP contribution in [0.1, 0.15) is 12.0 Å². The van der Waals surface area contributed by atoms with Gasteiger partial charge < -0.3 is 14.2 Å². The summed E-state index contributed by atoms with van der Waals surface area (Å²) in [5, 5.41) is 2.27. The molecule has 0 aliphatic heterocycles. The fourth-order valence-corrected chi connectivity index (χ4v) is 3.00. The van der Waals surface area contributed by atoms with E-state index in [2.05, 4.69) is 18.2 Å². The average Bonchev–Trinajstić information content (AvgIpc) is 2.45. The first-order valence-corrected chi connectivity index (χ1v) is 8.77. The van der Waals surface area contributed by atoms with Crippen LogP contribution < -0.4 is 9.64 Å². The molecule has 1 unspecified atom stereocenters. The standard InChI is InChI=1S/C16H21NO4S/c1-17(8-3-9-22(18,19)20)12-13-4-5-15-11-16(21-2)7-6-14(15)10-13/h4-7,10-11H,3,8-9,12H2,1-2H3,(H,18,19,20). The first kappa shape index (κ1) is 16.7. The lowest BCUT2D eigenvalue weighted by Crippen LogP contribution is -3.07. The van der Waals surface area contributed by atoms with E-state index < -0.39 is 10.1 Å². The number of ether oxygens (including phenoxy) is 1. The van der Waals surface area contributed by atoms with Crippen LogP contribution in [-0.2, 0) is 16.7 Å². The quantitative estimate of drug-likeness (QED) is 0.765. The second-order valence-corrected chi connectivity index (χ2v) is 7.07. The molecule has 0 bridgehead atoms. The summed E-state index contributed by atoms with van der Waals surface area (Å²) in [6.07, 6.45) is 0.391. The van der Waals surface area contributed by atoms with E-state index in [1.54, 1.807) is 7.11 Å². The molecule has 0 aromatic heterocycles. The number of hydrogen-bond acceptors (Lipinski definition) is 4. The first-order valence-electron chi connectivity index (χ1n) is 7.19. The van der Waals surface area contributed by atoms with Gasteiger partial charge in [0, 0.05) is 17.7 Å². The lowest BCUT2D eigenvalue weighted by molar-refractivity contribution is -0.893. The Morgan fingerprint density at radius 3 is 2.50 bits per heavy atom. The Morgan fingerprint density at radius 1 is 1.14 bits per heavy atom. The Balaban J connectivity index is 1.99. The zero-order chi connectivity index (χ0) is 16.2. The van der Waals surface area contributed by atoms with Crippen molar-refractivity contribution >= 4 is 20.9 Å². The minimum Gasteiger partial charge on any atom is -0.748 e. The van der Waals surface area contributed by atoms with Crippen molar-refractivity contribution < 1.29 is 22.6 Å². The maximum atomic E-state index is 10.6. The van der Waals surface area contributed by atoms with Crippen LogP contribution in [-0.4, -0.2) is 39.4 Å². The van der Waals surface area contributed by atoms with Crippen molar-refractivity contribution in [2.24, 2.45) is 0 Å². The Bertz CT molecular complexity index is 743. The number of quaternary nitrogens is 1. The normalized spacial score (nSPS) is 13.2. The van der Waals surface area contributed by atoms with Crippen LogP contribution in [0.2, 0.25) is 0 Å². The first-order chi connectivity index (χ1) is 10.4. The highest BCUT2D eigenvalue weighted by Gasteiger charge is 2.06. The summed E-state index contributed by atoms with van der Waals surface area (Å²) in [5.41, 5.74) is 1.18. The molecule has 0 saturated heterocycles. The van der Waals surface area contributed by atoms with Crippen molar-refractivity contribution in [2.75, 3.05) is 26.5 Å². The number of methoxy groups -OCH3 is 1. The fourth-order valence-electron chi connectivity index (χ4n) is 2.50. The molecule has 0 amide bonds. The highest BCUT2D eigenvalue weighted by Crippen LogP contribution is 2.21. The monoisotopic (exact) mass is 323 g/mol. The van der Waals surface area contributed by atoms with Gasteiger partial charge in [-0.25, -0.2) is 8.42 Å². The van der Waals surface area contributed by atoms with Crippen LogP contribution in [0.15, 0.2) is 36.4 Å². The van der Waals surface area contributed by atoms with E-state index in [0.717, 1.165) is 23.1 Å². The maximum absolute atomic E-state index is 10.6. The van der Waals surface area contributed by atoms with Crippen LogP contribution in [0.4, 0.5) is 0 Å². The molecule has 1 atom stereocenters. The maximum Gasteiger partial charge on any atom is 0.119 e. The molecule has 6 heteroatoms. The Kier molecular flexibility index (Phi) is 5.39. The van der Waals surface area contributed by atoms with E-state index in [4.69, 9.17) is 4.74 Å². The van der Waals surface area contributed by atoms with Gasteiger partial charge >= 0.3 is 0 Å². The van der Waals surface area contributed by atoms with Crippen molar-refractivity contribution in [3.8, 4) is 5.75 Å². The molecule has 5 nitrogen and oxygen atoms in total. The molecule has 2 aromatic carbocycles. The zero-order valence-corrected chi connectivity index (χ0v) is 13.7. The van der Waals surface area contributed by atoms with E-state index in [-0.39, 0.29) is 5.75 Å². The van der Waals surface area contributed by atoms with E-state index in [9.17, 15) is 13.0 Å². The largest absolute Gasteiger partial charge is 0.748 e. The number of benzene rings is 2. The van der Waals surface area contributed by atoms with Crippen LogP contribution in [0.3, 0.4) is 0 Å². The third kappa shape index (κ3) is 4.98. The zero-order valence-electron chi connectivity index (χ0n) is 12.8. The highest BCUT2D eigenvalue weighted by molar-refractivity contribution is 7.85. The second-order valence-electron chi connectivity index (χ2n) is 5.55. The molecular formula is C16H21NO4S. The SMILES string of the molecule is COc1ccc2cc(C[NH+](C)CCCS(=O)(=O)[O-])ccc2c1. The Hall–Kier alpha value is -1.63.